The maximum Gasteiger partial charge on any atom is 0.387 e. The Morgan fingerprint density at radius 3 is 2.00 bits per heavy atom. The molecule has 0 fully saturated rings. The fourth-order valence-corrected chi connectivity index (χ4v) is 2.24. The highest BCUT2D eigenvalue weighted by Gasteiger charge is 2.09. The van der Waals surface area contributed by atoms with E-state index in [1.54, 1.807) is 12.1 Å². The molecule has 0 radical (unpaired) electrons. The first-order valence-corrected chi connectivity index (χ1v) is 6.84. The maximum atomic E-state index is 12.1. The summed E-state index contributed by atoms with van der Waals surface area (Å²) in [6.07, 6.45) is 2.73. The van der Waals surface area contributed by atoms with Gasteiger partial charge in [0.25, 0.3) is 0 Å². The summed E-state index contributed by atoms with van der Waals surface area (Å²) in [5.74, 6) is 0.380. The summed E-state index contributed by atoms with van der Waals surface area (Å²) in [5, 5.41) is 0. The minimum atomic E-state index is -2.79. The molecule has 1 unspecified atom stereocenters. The molecule has 2 aromatic rings. The zero-order valence-electron chi connectivity index (χ0n) is 11.9. The fourth-order valence-electron chi connectivity index (χ4n) is 2.24. The highest BCUT2D eigenvalue weighted by Crippen LogP contribution is 2.26. The summed E-state index contributed by atoms with van der Waals surface area (Å²) < 4.78 is 28.6. The number of hydrogen-bond donors (Lipinski definition) is 0. The first-order valence-electron chi connectivity index (χ1n) is 6.84. The third-order valence-corrected chi connectivity index (χ3v) is 3.47. The van der Waals surface area contributed by atoms with E-state index < -0.39 is 6.61 Å². The van der Waals surface area contributed by atoms with Crippen LogP contribution in [-0.2, 0) is 6.42 Å². The Kier molecular flexibility index (Phi) is 5.09. The van der Waals surface area contributed by atoms with Crippen LogP contribution in [0.2, 0.25) is 0 Å². The van der Waals surface area contributed by atoms with E-state index in [2.05, 4.69) is 42.5 Å². The van der Waals surface area contributed by atoms with Gasteiger partial charge in [-0.2, -0.15) is 8.78 Å². The van der Waals surface area contributed by atoms with E-state index in [0.717, 1.165) is 12.0 Å². The van der Waals surface area contributed by atoms with Crippen molar-refractivity contribution in [2.75, 3.05) is 0 Å². The topological polar surface area (TPSA) is 9.23 Å². The van der Waals surface area contributed by atoms with E-state index >= 15 is 0 Å². The molecule has 1 atom stereocenters. The summed E-state index contributed by atoms with van der Waals surface area (Å²) in [6.45, 7) is 3.03. The van der Waals surface area contributed by atoms with E-state index in [1.807, 2.05) is 18.2 Å². The van der Waals surface area contributed by atoms with Gasteiger partial charge in [0.15, 0.2) is 0 Å². The lowest BCUT2D eigenvalue weighted by molar-refractivity contribution is -0.0498. The first-order chi connectivity index (χ1) is 10.1. The molecule has 21 heavy (non-hydrogen) atoms. The van der Waals surface area contributed by atoms with Crippen molar-refractivity contribution in [2.24, 2.45) is 0 Å². The van der Waals surface area contributed by atoms with E-state index in [0.29, 0.717) is 0 Å². The Bertz CT molecular complexity index is 573. The Morgan fingerprint density at radius 1 is 1.00 bits per heavy atom. The molecular formula is C18H18F2O. The zero-order valence-corrected chi connectivity index (χ0v) is 11.9. The molecule has 1 nitrogen and oxygen atoms in total. The number of alkyl halides is 2. The van der Waals surface area contributed by atoms with Crippen LogP contribution < -0.4 is 4.74 Å². The van der Waals surface area contributed by atoms with Crippen LogP contribution in [0.25, 0.3) is 0 Å². The molecule has 0 bridgehead atoms. The molecule has 3 heteroatoms. The third-order valence-electron chi connectivity index (χ3n) is 3.47. The predicted octanol–water partition coefficient (Wildman–Crippen LogP) is 5.17. The van der Waals surface area contributed by atoms with Gasteiger partial charge in [-0.15, -0.1) is 6.58 Å². The van der Waals surface area contributed by atoms with Crippen molar-refractivity contribution in [1.29, 1.82) is 0 Å². The molecule has 0 aliphatic carbocycles. The quantitative estimate of drug-likeness (QED) is 0.666. The summed E-state index contributed by atoms with van der Waals surface area (Å²) in [7, 11) is 0. The molecule has 0 saturated heterocycles. The molecular weight excluding hydrogens is 270 g/mol. The van der Waals surface area contributed by atoms with Crippen LogP contribution in [0.4, 0.5) is 8.78 Å². The van der Waals surface area contributed by atoms with Crippen molar-refractivity contribution in [2.45, 2.75) is 25.9 Å². The monoisotopic (exact) mass is 288 g/mol. The van der Waals surface area contributed by atoms with E-state index in [-0.39, 0.29) is 11.7 Å². The lowest BCUT2D eigenvalue weighted by Gasteiger charge is -2.14. The van der Waals surface area contributed by atoms with Crippen LogP contribution in [0.5, 0.6) is 5.75 Å². The molecule has 0 aliphatic rings. The van der Waals surface area contributed by atoms with E-state index in [4.69, 9.17) is 0 Å². The second kappa shape index (κ2) is 7.02. The van der Waals surface area contributed by atoms with Crippen LogP contribution >= 0.6 is 0 Å². The number of rotatable bonds is 6. The minimum Gasteiger partial charge on any atom is -0.435 e. The van der Waals surface area contributed by atoms with Crippen LogP contribution in [0.15, 0.2) is 61.2 Å². The Hall–Kier alpha value is -2.16. The largest absolute Gasteiger partial charge is 0.435 e. The second-order valence-electron chi connectivity index (χ2n) is 4.90. The van der Waals surface area contributed by atoms with Crippen LogP contribution in [0.1, 0.15) is 29.5 Å². The summed E-state index contributed by atoms with van der Waals surface area (Å²) in [4.78, 5) is 0. The van der Waals surface area contributed by atoms with Gasteiger partial charge < -0.3 is 4.74 Å². The zero-order chi connectivity index (χ0) is 15.2. The van der Waals surface area contributed by atoms with E-state index in [9.17, 15) is 8.78 Å². The number of benzene rings is 2. The van der Waals surface area contributed by atoms with Gasteiger partial charge in [-0.1, -0.05) is 49.4 Å². The number of halogens is 2. The van der Waals surface area contributed by atoms with Crippen molar-refractivity contribution in [3.05, 3.63) is 77.9 Å². The van der Waals surface area contributed by atoms with Crippen molar-refractivity contribution >= 4 is 0 Å². The van der Waals surface area contributed by atoms with Crippen LogP contribution in [0.3, 0.4) is 0 Å². The lowest BCUT2D eigenvalue weighted by atomic mass is 9.92. The van der Waals surface area contributed by atoms with Gasteiger partial charge in [-0.3, -0.25) is 0 Å². The molecule has 0 aliphatic heterocycles. The van der Waals surface area contributed by atoms with Gasteiger partial charge in [0.2, 0.25) is 0 Å². The van der Waals surface area contributed by atoms with Crippen molar-refractivity contribution in [3.8, 4) is 5.75 Å². The Balaban J connectivity index is 2.11. The molecule has 0 N–H and O–H groups in total. The molecule has 0 saturated carbocycles. The van der Waals surface area contributed by atoms with Crippen molar-refractivity contribution in [1.82, 2.24) is 0 Å². The standard InChI is InChI=1S/C18H18F2O/c1-3-4-14-5-7-15(8-6-14)13(2)16-9-11-17(12-10-16)21-18(19)20/h3,5-13,18H,1,4H2,2H3. The SMILES string of the molecule is C=CCc1ccc(C(C)c2ccc(OC(F)F)cc2)cc1. The molecule has 2 aromatic carbocycles. The van der Waals surface area contributed by atoms with Gasteiger partial charge in [-0.05, 0) is 35.2 Å². The summed E-state index contributed by atoms with van der Waals surface area (Å²) in [5.41, 5.74) is 3.47. The van der Waals surface area contributed by atoms with Gasteiger partial charge >= 0.3 is 6.61 Å². The number of allylic oxidation sites excluding steroid dienone is 1. The van der Waals surface area contributed by atoms with Crippen LogP contribution in [-0.4, -0.2) is 6.61 Å². The highest BCUT2D eigenvalue weighted by molar-refractivity contribution is 5.36. The highest BCUT2D eigenvalue weighted by atomic mass is 19.3. The predicted molar refractivity (Wildman–Crippen MR) is 80.9 cm³/mol. The Labute approximate surface area is 123 Å². The van der Waals surface area contributed by atoms with Crippen molar-refractivity contribution in [3.63, 3.8) is 0 Å². The second-order valence-corrected chi connectivity index (χ2v) is 4.90. The van der Waals surface area contributed by atoms with Crippen molar-refractivity contribution < 1.29 is 13.5 Å². The first kappa shape index (κ1) is 15.2. The lowest BCUT2D eigenvalue weighted by Crippen LogP contribution is -2.02. The average molecular weight is 288 g/mol. The Morgan fingerprint density at radius 2 is 1.52 bits per heavy atom. The van der Waals surface area contributed by atoms with Crippen LogP contribution in [0, 0.1) is 0 Å². The molecule has 0 amide bonds. The third kappa shape index (κ3) is 4.15. The van der Waals surface area contributed by atoms with Gasteiger partial charge in [-0.25, -0.2) is 0 Å². The summed E-state index contributed by atoms with van der Waals surface area (Å²) >= 11 is 0. The van der Waals surface area contributed by atoms with Gasteiger partial charge in [0.1, 0.15) is 5.75 Å². The van der Waals surface area contributed by atoms with E-state index in [1.165, 1.54) is 11.1 Å². The van der Waals surface area contributed by atoms with Gasteiger partial charge in [0.05, 0.1) is 0 Å². The molecule has 0 aromatic heterocycles. The smallest absolute Gasteiger partial charge is 0.387 e. The number of ether oxygens (including phenoxy) is 1. The van der Waals surface area contributed by atoms with Gasteiger partial charge in [0, 0.05) is 5.92 Å². The average Bonchev–Trinajstić information content (AvgIpc) is 2.48. The summed E-state index contributed by atoms with van der Waals surface area (Å²) in [6, 6.07) is 15.1. The molecule has 0 spiro atoms. The molecule has 110 valence electrons. The fraction of sp³-hybridized carbons (Fsp3) is 0.222. The maximum absolute atomic E-state index is 12.1. The number of hydrogen-bond acceptors (Lipinski definition) is 1. The normalized spacial score (nSPS) is 12.2. The molecule has 0 heterocycles. The molecule has 2 rings (SSSR count). The minimum absolute atomic E-state index is 0.183.